The van der Waals surface area contributed by atoms with E-state index in [9.17, 15) is 8.42 Å². The molecule has 0 aliphatic carbocycles. The van der Waals surface area contributed by atoms with Gasteiger partial charge in [-0.05, 0) is 12.1 Å². The molecule has 23 heavy (non-hydrogen) atoms. The third-order valence-electron chi connectivity index (χ3n) is 3.37. The first-order chi connectivity index (χ1) is 10.9. The maximum absolute atomic E-state index is 12.2. The maximum atomic E-state index is 12.2. The van der Waals surface area contributed by atoms with Crippen molar-refractivity contribution in [2.24, 2.45) is 0 Å². The van der Waals surface area contributed by atoms with Crippen LogP contribution in [0.2, 0.25) is 0 Å². The summed E-state index contributed by atoms with van der Waals surface area (Å²) in [6.07, 6.45) is 3.03. The Morgan fingerprint density at radius 1 is 1.26 bits per heavy atom. The monoisotopic (exact) mass is 333 g/mol. The average molecular weight is 333 g/mol. The fourth-order valence-electron chi connectivity index (χ4n) is 2.13. The molecule has 0 saturated carbocycles. The lowest BCUT2D eigenvalue weighted by Gasteiger charge is -2.13. The lowest BCUT2D eigenvalue weighted by atomic mass is 10.2. The number of fused-ring (bicyclic) bond motifs is 1. The van der Waals surface area contributed by atoms with Crippen LogP contribution >= 0.6 is 0 Å². The second-order valence-corrected chi connectivity index (χ2v) is 7.15. The minimum absolute atomic E-state index is 0.152. The molecule has 2 aromatic heterocycles. The third-order valence-corrected chi connectivity index (χ3v) is 5.18. The van der Waals surface area contributed by atoms with Crippen LogP contribution in [0.3, 0.4) is 0 Å². The first-order valence-corrected chi connectivity index (χ1v) is 8.14. The Hall–Kier alpha value is -2.52. The Kier molecular flexibility index (Phi) is 3.74. The van der Waals surface area contributed by atoms with Crippen molar-refractivity contribution >= 4 is 21.2 Å². The van der Waals surface area contributed by atoms with E-state index in [2.05, 4.69) is 19.9 Å². The van der Waals surface area contributed by atoms with Gasteiger partial charge in [-0.3, -0.25) is 0 Å². The fraction of sp³-hybridized carbons (Fsp3) is 0.214. The topological polar surface area (TPSA) is 101 Å². The molecule has 0 fully saturated rings. The number of imidazole rings is 1. The molecule has 0 atom stereocenters. The van der Waals surface area contributed by atoms with Gasteiger partial charge in [-0.2, -0.15) is 0 Å². The van der Waals surface area contributed by atoms with Crippen molar-refractivity contribution in [3.63, 3.8) is 0 Å². The molecule has 8 nitrogen and oxygen atoms in total. The number of nitrogens with zero attached hydrogens (tertiary/aromatic N) is 4. The SMILES string of the molecule is COc1cc(S(=O)(=O)N(C)C)ccc1-c1nc2ncncc2[nH]1. The fourth-order valence-corrected chi connectivity index (χ4v) is 3.05. The first-order valence-electron chi connectivity index (χ1n) is 6.70. The van der Waals surface area contributed by atoms with E-state index in [-0.39, 0.29) is 4.90 Å². The Morgan fingerprint density at radius 3 is 2.70 bits per heavy atom. The Morgan fingerprint density at radius 2 is 2.04 bits per heavy atom. The van der Waals surface area contributed by atoms with Crippen LogP contribution in [0.25, 0.3) is 22.6 Å². The average Bonchev–Trinajstić information content (AvgIpc) is 2.97. The molecule has 2 heterocycles. The lowest BCUT2D eigenvalue weighted by Crippen LogP contribution is -2.22. The predicted molar refractivity (Wildman–Crippen MR) is 84.5 cm³/mol. The summed E-state index contributed by atoms with van der Waals surface area (Å²) in [5, 5.41) is 0. The molecule has 0 bridgehead atoms. The second kappa shape index (κ2) is 5.60. The number of H-pyrrole nitrogens is 1. The molecule has 0 aliphatic heterocycles. The van der Waals surface area contributed by atoms with E-state index in [4.69, 9.17) is 4.74 Å². The number of methoxy groups -OCH3 is 1. The molecule has 0 amide bonds. The van der Waals surface area contributed by atoms with Gasteiger partial charge in [0, 0.05) is 20.2 Å². The summed E-state index contributed by atoms with van der Waals surface area (Å²) in [7, 11) is 0.906. The summed E-state index contributed by atoms with van der Waals surface area (Å²) in [6.45, 7) is 0. The molecule has 3 aromatic rings. The molecule has 120 valence electrons. The largest absolute Gasteiger partial charge is 0.496 e. The highest BCUT2D eigenvalue weighted by atomic mass is 32.2. The number of aromatic amines is 1. The summed E-state index contributed by atoms with van der Waals surface area (Å²) >= 11 is 0. The van der Waals surface area contributed by atoms with Crippen LogP contribution in [-0.4, -0.2) is 53.9 Å². The van der Waals surface area contributed by atoms with Crippen molar-refractivity contribution in [2.75, 3.05) is 21.2 Å². The number of ether oxygens (including phenoxy) is 1. The number of aromatic nitrogens is 4. The Labute approximate surface area is 133 Å². The summed E-state index contributed by atoms with van der Waals surface area (Å²) < 4.78 is 30.9. The van der Waals surface area contributed by atoms with Gasteiger partial charge in [0.15, 0.2) is 5.65 Å². The minimum Gasteiger partial charge on any atom is -0.496 e. The van der Waals surface area contributed by atoms with Crippen molar-refractivity contribution in [1.29, 1.82) is 0 Å². The van der Waals surface area contributed by atoms with Crippen LogP contribution in [-0.2, 0) is 10.0 Å². The molecule has 3 rings (SSSR count). The van der Waals surface area contributed by atoms with Gasteiger partial charge in [0.05, 0.1) is 23.8 Å². The maximum Gasteiger partial charge on any atom is 0.242 e. The zero-order chi connectivity index (χ0) is 16.6. The molecule has 0 spiro atoms. The predicted octanol–water partition coefficient (Wildman–Crippen LogP) is 1.28. The van der Waals surface area contributed by atoms with Crippen LogP contribution in [0.5, 0.6) is 5.75 Å². The third kappa shape index (κ3) is 2.64. The number of sulfonamides is 1. The van der Waals surface area contributed by atoms with Gasteiger partial charge in [0.2, 0.25) is 10.0 Å². The van der Waals surface area contributed by atoms with Crippen LogP contribution in [0.1, 0.15) is 0 Å². The lowest BCUT2D eigenvalue weighted by molar-refractivity contribution is 0.414. The van der Waals surface area contributed by atoms with E-state index in [1.54, 1.807) is 12.3 Å². The molecule has 0 unspecified atom stereocenters. The molecule has 0 radical (unpaired) electrons. The molecule has 0 saturated heterocycles. The zero-order valence-corrected chi connectivity index (χ0v) is 13.6. The zero-order valence-electron chi connectivity index (χ0n) is 12.8. The molecule has 9 heteroatoms. The number of benzene rings is 1. The van der Waals surface area contributed by atoms with E-state index in [1.807, 2.05) is 0 Å². The van der Waals surface area contributed by atoms with Crippen LogP contribution < -0.4 is 4.74 Å². The van der Waals surface area contributed by atoms with Crippen molar-refractivity contribution in [3.05, 3.63) is 30.7 Å². The van der Waals surface area contributed by atoms with Crippen LogP contribution in [0.4, 0.5) is 0 Å². The second-order valence-electron chi connectivity index (χ2n) is 4.99. The van der Waals surface area contributed by atoms with Gasteiger partial charge in [-0.25, -0.2) is 27.7 Å². The van der Waals surface area contributed by atoms with Crippen LogP contribution in [0, 0.1) is 0 Å². The molecular weight excluding hydrogens is 318 g/mol. The van der Waals surface area contributed by atoms with E-state index < -0.39 is 10.0 Å². The van der Waals surface area contributed by atoms with Crippen molar-refractivity contribution in [2.45, 2.75) is 4.90 Å². The summed E-state index contributed by atoms with van der Waals surface area (Å²) in [4.78, 5) is 15.6. The van der Waals surface area contributed by atoms with Crippen molar-refractivity contribution in [1.82, 2.24) is 24.2 Å². The van der Waals surface area contributed by atoms with E-state index in [0.29, 0.717) is 28.3 Å². The van der Waals surface area contributed by atoms with E-state index in [0.717, 1.165) is 4.31 Å². The Balaban J connectivity index is 2.13. The Bertz CT molecular complexity index is 932. The van der Waals surface area contributed by atoms with E-state index >= 15 is 0 Å². The number of hydrogen-bond acceptors (Lipinski definition) is 6. The molecular formula is C14H15N5O3S. The highest BCUT2D eigenvalue weighted by Gasteiger charge is 2.20. The molecule has 1 aromatic carbocycles. The number of hydrogen-bond donors (Lipinski definition) is 1. The minimum atomic E-state index is -3.53. The van der Waals surface area contributed by atoms with Gasteiger partial charge in [0.1, 0.15) is 23.4 Å². The normalized spacial score (nSPS) is 12.0. The number of nitrogens with one attached hydrogen (secondary N) is 1. The summed E-state index contributed by atoms with van der Waals surface area (Å²) in [6, 6.07) is 4.65. The number of rotatable bonds is 4. The molecule has 0 aliphatic rings. The first kappa shape index (κ1) is 15.4. The standard InChI is InChI=1S/C14H15N5O3S/c1-19(2)23(20,21)9-4-5-10(12(6-9)22-3)13-17-11-7-15-8-16-14(11)18-13/h4-8H,1-3H3,(H,15,16,17,18). The van der Waals surface area contributed by atoms with Gasteiger partial charge < -0.3 is 9.72 Å². The smallest absolute Gasteiger partial charge is 0.242 e. The molecule has 1 N–H and O–H groups in total. The highest BCUT2D eigenvalue weighted by molar-refractivity contribution is 7.89. The highest BCUT2D eigenvalue weighted by Crippen LogP contribution is 2.31. The van der Waals surface area contributed by atoms with Gasteiger partial charge in [-0.1, -0.05) is 0 Å². The van der Waals surface area contributed by atoms with Gasteiger partial charge >= 0.3 is 0 Å². The quantitative estimate of drug-likeness (QED) is 0.772. The van der Waals surface area contributed by atoms with E-state index in [1.165, 1.54) is 39.7 Å². The van der Waals surface area contributed by atoms with Crippen molar-refractivity contribution < 1.29 is 13.2 Å². The summed E-state index contributed by atoms with van der Waals surface area (Å²) in [5.41, 5.74) is 1.86. The van der Waals surface area contributed by atoms with Gasteiger partial charge in [0.25, 0.3) is 0 Å². The van der Waals surface area contributed by atoms with Gasteiger partial charge in [-0.15, -0.1) is 0 Å². The van der Waals surface area contributed by atoms with Crippen LogP contribution in [0.15, 0.2) is 35.6 Å². The summed E-state index contributed by atoms with van der Waals surface area (Å²) in [5.74, 6) is 0.936. The van der Waals surface area contributed by atoms with Crippen molar-refractivity contribution in [3.8, 4) is 17.1 Å².